The molecule has 3 heterocycles. The first-order valence-electron chi connectivity index (χ1n) is 8.70. The number of nitrogens with zero attached hydrogens (tertiary/aromatic N) is 3. The van der Waals surface area contributed by atoms with Crippen molar-refractivity contribution in [3.63, 3.8) is 0 Å². The molecule has 2 aliphatic heterocycles. The lowest BCUT2D eigenvalue weighted by Crippen LogP contribution is -2.49. The molecule has 1 aromatic heterocycles. The number of aromatic nitrogens is 1. The van der Waals surface area contributed by atoms with E-state index in [1.54, 1.807) is 17.4 Å². The van der Waals surface area contributed by atoms with Crippen molar-refractivity contribution in [1.29, 1.82) is 0 Å². The molecule has 0 aliphatic carbocycles. The fourth-order valence-electron chi connectivity index (χ4n) is 3.69. The van der Waals surface area contributed by atoms with E-state index in [2.05, 4.69) is 16.0 Å². The SMILES string of the molecule is CCS(=O)(=O)N1CCC2(CC1)COCCN(Cc1cccnc1)C2. The Morgan fingerprint density at radius 2 is 2.08 bits per heavy atom. The molecular weight excluding hydrogens is 326 g/mol. The Kier molecular flexibility index (Phi) is 5.54. The molecule has 0 radical (unpaired) electrons. The lowest BCUT2D eigenvalue weighted by molar-refractivity contribution is 0.0308. The van der Waals surface area contributed by atoms with Gasteiger partial charge in [0.05, 0.1) is 19.0 Å². The summed E-state index contributed by atoms with van der Waals surface area (Å²) in [5.41, 5.74) is 1.28. The maximum Gasteiger partial charge on any atom is 0.213 e. The van der Waals surface area contributed by atoms with Gasteiger partial charge in [0, 0.05) is 50.5 Å². The topological polar surface area (TPSA) is 62.7 Å². The van der Waals surface area contributed by atoms with Gasteiger partial charge in [-0.1, -0.05) is 6.07 Å². The lowest BCUT2D eigenvalue weighted by Gasteiger charge is -2.42. The van der Waals surface area contributed by atoms with Crippen molar-refractivity contribution in [2.45, 2.75) is 26.3 Å². The van der Waals surface area contributed by atoms with E-state index < -0.39 is 10.0 Å². The molecule has 2 fully saturated rings. The number of hydrogen-bond donors (Lipinski definition) is 0. The van der Waals surface area contributed by atoms with Crippen molar-refractivity contribution in [2.24, 2.45) is 5.41 Å². The zero-order chi connectivity index (χ0) is 17.0. The van der Waals surface area contributed by atoms with E-state index in [1.807, 2.05) is 12.3 Å². The van der Waals surface area contributed by atoms with Crippen LogP contribution in [0.15, 0.2) is 24.5 Å². The maximum atomic E-state index is 12.1. The van der Waals surface area contributed by atoms with Gasteiger partial charge in [0.2, 0.25) is 10.0 Å². The summed E-state index contributed by atoms with van der Waals surface area (Å²) >= 11 is 0. The van der Waals surface area contributed by atoms with Crippen LogP contribution in [0.3, 0.4) is 0 Å². The summed E-state index contributed by atoms with van der Waals surface area (Å²) in [6, 6.07) is 4.06. The van der Waals surface area contributed by atoms with Crippen LogP contribution in [-0.2, 0) is 21.3 Å². The molecule has 0 N–H and O–H groups in total. The Morgan fingerprint density at radius 1 is 1.29 bits per heavy atom. The molecule has 0 amide bonds. The fourth-order valence-corrected chi connectivity index (χ4v) is 4.79. The molecule has 0 atom stereocenters. The highest BCUT2D eigenvalue weighted by atomic mass is 32.2. The smallest absolute Gasteiger partial charge is 0.213 e. The third kappa shape index (κ3) is 4.14. The van der Waals surface area contributed by atoms with E-state index in [9.17, 15) is 8.42 Å². The minimum absolute atomic E-state index is 0.0679. The second kappa shape index (κ2) is 7.47. The van der Waals surface area contributed by atoms with E-state index in [-0.39, 0.29) is 11.2 Å². The third-order valence-corrected chi connectivity index (χ3v) is 7.07. The van der Waals surface area contributed by atoms with Gasteiger partial charge >= 0.3 is 0 Å². The Morgan fingerprint density at radius 3 is 2.75 bits per heavy atom. The summed E-state index contributed by atoms with van der Waals surface area (Å²) in [6.45, 7) is 7.14. The van der Waals surface area contributed by atoms with Crippen LogP contribution in [0.4, 0.5) is 0 Å². The molecule has 0 saturated carbocycles. The van der Waals surface area contributed by atoms with Crippen LogP contribution in [0.2, 0.25) is 0 Å². The van der Waals surface area contributed by atoms with E-state index in [1.165, 1.54) is 5.56 Å². The average molecular weight is 353 g/mol. The molecule has 3 rings (SSSR count). The number of hydrogen-bond acceptors (Lipinski definition) is 5. The summed E-state index contributed by atoms with van der Waals surface area (Å²) in [5.74, 6) is 0.184. The van der Waals surface area contributed by atoms with Gasteiger partial charge < -0.3 is 4.74 Å². The molecule has 1 aromatic rings. The number of piperidine rings is 1. The lowest BCUT2D eigenvalue weighted by atomic mass is 9.79. The molecule has 6 nitrogen and oxygen atoms in total. The van der Waals surface area contributed by atoms with Crippen molar-refractivity contribution >= 4 is 10.0 Å². The quantitative estimate of drug-likeness (QED) is 0.818. The first-order valence-corrected chi connectivity index (χ1v) is 10.3. The molecular formula is C17H27N3O3S. The van der Waals surface area contributed by atoms with Crippen LogP contribution < -0.4 is 0 Å². The molecule has 24 heavy (non-hydrogen) atoms. The van der Waals surface area contributed by atoms with Crippen molar-refractivity contribution in [2.75, 3.05) is 45.1 Å². The zero-order valence-corrected chi connectivity index (χ0v) is 15.2. The van der Waals surface area contributed by atoms with Gasteiger partial charge in [-0.2, -0.15) is 0 Å². The van der Waals surface area contributed by atoms with Gasteiger partial charge in [0.15, 0.2) is 0 Å². The van der Waals surface area contributed by atoms with Gasteiger partial charge in [0.25, 0.3) is 0 Å². The van der Waals surface area contributed by atoms with E-state index >= 15 is 0 Å². The summed E-state index contributed by atoms with van der Waals surface area (Å²) in [4.78, 5) is 6.62. The van der Waals surface area contributed by atoms with Gasteiger partial charge in [-0.25, -0.2) is 12.7 Å². The van der Waals surface area contributed by atoms with E-state index in [0.29, 0.717) is 13.1 Å². The van der Waals surface area contributed by atoms with Crippen molar-refractivity contribution in [3.8, 4) is 0 Å². The minimum Gasteiger partial charge on any atom is -0.379 e. The minimum atomic E-state index is -3.08. The van der Waals surface area contributed by atoms with Crippen molar-refractivity contribution < 1.29 is 13.2 Å². The van der Waals surface area contributed by atoms with Crippen molar-refractivity contribution in [1.82, 2.24) is 14.2 Å². The van der Waals surface area contributed by atoms with Crippen LogP contribution >= 0.6 is 0 Å². The normalized spacial score (nSPS) is 23.2. The van der Waals surface area contributed by atoms with Gasteiger partial charge in [0.1, 0.15) is 0 Å². The first-order chi connectivity index (χ1) is 11.5. The fraction of sp³-hybridized carbons (Fsp3) is 0.706. The average Bonchev–Trinajstić information content (AvgIpc) is 2.78. The molecule has 0 unspecified atom stereocenters. The van der Waals surface area contributed by atoms with Gasteiger partial charge in [-0.15, -0.1) is 0 Å². The van der Waals surface area contributed by atoms with Crippen LogP contribution in [-0.4, -0.2) is 67.8 Å². The van der Waals surface area contributed by atoms with Crippen LogP contribution in [0.5, 0.6) is 0 Å². The number of pyridine rings is 1. The second-order valence-electron chi connectivity index (χ2n) is 6.92. The van der Waals surface area contributed by atoms with Crippen LogP contribution in [0.25, 0.3) is 0 Å². The predicted octanol–water partition coefficient (Wildman–Crippen LogP) is 1.35. The highest BCUT2D eigenvalue weighted by Gasteiger charge is 2.40. The van der Waals surface area contributed by atoms with Crippen LogP contribution in [0.1, 0.15) is 25.3 Å². The second-order valence-corrected chi connectivity index (χ2v) is 9.18. The predicted molar refractivity (Wildman–Crippen MR) is 93.0 cm³/mol. The molecule has 134 valence electrons. The number of ether oxygens (including phenoxy) is 1. The van der Waals surface area contributed by atoms with Gasteiger partial charge in [-0.05, 0) is 31.4 Å². The Balaban J connectivity index is 1.65. The molecule has 2 aliphatic rings. The number of sulfonamides is 1. The third-order valence-electron chi connectivity index (χ3n) is 5.19. The van der Waals surface area contributed by atoms with E-state index in [4.69, 9.17) is 4.74 Å². The molecule has 1 spiro atoms. The highest BCUT2D eigenvalue weighted by molar-refractivity contribution is 7.89. The monoisotopic (exact) mass is 353 g/mol. The Labute approximate surface area is 144 Å². The largest absolute Gasteiger partial charge is 0.379 e. The summed E-state index contributed by atoms with van der Waals surface area (Å²) < 4.78 is 31.7. The Bertz CT molecular complexity index is 628. The first kappa shape index (κ1) is 17.8. The standard InChI is InChI=1S/C17H27N3O3S/c1-2-24(21,22)20-8-5-17(6-9-20)14-19(10-11-23-15-17)13-16-4-3-7-18-12-16/h3-4,7,12H,2,5-6,8-11,13-15H2,1H3. The summed E-state index contributed by atoms with van der Waals surface area (Å²) in [7, 11) is -3.08. The molecule has 0 bridgehead atoms. The molecule has 0 aromatic carbocycles. The molecule has 2 saturated heterocycles. The highest BCUT2D eigenvalue weighted by Crippen LogP contribution is 2.35. The Hall–Kier alpha value is -1.02. The zero-order valence-electron chi connectivity index (χ0n) is 14.4. The van der Waals surface area contributed by atoms with Gasteiger partial charge in [-0.3, -0.25) is 9.88 Å². The summed E-state index contributed by atoms with van der Waals surface area (Å²) in [6.07, 6.45) is 5.45. The summed E-state index contributed by atoms with van der Waals surface area (Å²) in [5, 5.41) is 0. The molecule has 7 heteroatoms. The number of rotatable bonds is 4. The maximum absolute atomic E-state index is 12.1. The van der Waals surface area contributed by atoms with Crippen molar-refractivity contribution in [3.05, 3.63) is 30.1 Å². The van der Waals surface area contributed by atoms with E-state index in [0.717, 1.165) is 45.7 Å². The van der Waals surface area contributed by atoms with Crippen LogP contribution in [0, 0.1) is 5.41 Å².